The number of benzene rings is 2. The lowest BCUT2D eigenvalue weighted by molar-refractivity contribution is -0.385. The highest BCUT2D eigenvalue weighted by Crippen LogP contribution is 2.20. The van der Waals surface area contributed by atoms with Gasteiger partial charge in [0, 0.05) is 29.3 Å². The summed E-state index contributed by atoms with van der Waals surface area (Å²) in [6.45, 7) is 4.38. The fraction of sp³-hybridized carbons (Fsp3) is 0.235. The van der Waals surface area contributed by atoms with Crippen molar-refractivity contribution in [1.82, 2.24) is 5.32 Å². The summed E-state index contributed by atoms with van der Waals surface area (Å²) in [6, 6.07) is 11.8. The fourth-order valence-electron chi connectivity index (χ4n) is 2.23. The van der Waals surface area contributed by atoms with Crippen molar-refractivity contribution in [3.63, 3.8) is 0 Å². The monoisotopic (exact) mass is 314 g/mol. The summed E-state index contributed by atoms with van der Waals surface area (Å²) >= 11 is 0. The topological polar surface area (TPSA) is 81.5 Å². The van der Waals surface area contributed by atoms with E-state index in [0.29, 0.717) is 24.3 Å². The molecule has 0 aliphatic carbocycles. The number of hydrogen-bond donors (Lipinski definition) is 1. The summed E-state index contributed by atoms with van der Waals surface area (Å²) < 4.78 is 5.51. The van der Waals surface area contributed by atoms with Gasteiger partial charge in [-0.2, -0.15) is 0 Å². The standard InChI is InChI=1S/C17H18N2O4/c1-3-23-16-7-5-4-6-14(16)11-18-17(20)13-8-9-15(19(21)22)12(2)10-13/h4-10H,3,11H2,1-2H3,(H,18,20). The van der Waals surface area contributed by atoms with Gasteiger partial charge in [-0.1, -0.05) is 18.2 Å². The van der Waals surface area contributed by atoms with E-state index < -0.39 is 4.92 Å². The molecule has 2 aromatic carbocycles. The van der Waals surface area contributed by atoms with Crippen molar-refractivity contribution in [1.29, 1.82) is 0 Å². The lowest BCUT2D eigenvalue weighted by atomic mass is 10.1. The second-order valence-electron chi connectivity index (χ2n) is 4.98. The van der Waals surface area contributed by atoms with E-state index in [2.05, 4.69) is 5.32 Å². The Bertz CT molecular complexity index is 728. The molecule has 0 atom stereocenters. The number of para-hydroxylation sites is 1. The minimum absolute atomic E-state index is 0.00300. The van der Waals surface area contributed by atoms with Crippen LogP contribution in [-0.2, 0) is 6.54 Å². The van der Waals surface area contributed by atoms with Crippen LogP contribution in [-0.4, -0.2) is 17.4 Å². The highest BCUT2D eigenvalue weighted by Gasteiger charge is 2.14. The van der Waals surface area contributed by atoms with Crippen LogP contribution in [0.3, 0.4) is 0 Å². The van der Waals surface area contributed by atoms with E-state index in [1.165, 1.54) is 18.2 Å². The SMILES string of the molecule is CCOc1ccccc1CNC(=O)c1ccc([N+](=O)[O-])c(C)c1. The summed E-state index contributed by atoms with van der Waals surface area (Å²) in [6.07, 6.45) is 0. The van der Waals surface area contributed by atoms with Gasteiger partial charge in [0.15, 0.2) is 0 Å². The van der Waals surface area contributed by atoms with E-state index in [9.17, 15) is 14.9 Å². The normalized spacial score (nSPS) is 10.2. The van der Waals surface area contributed by atoms with E-state index in [-0.39, 0.29) is 11.6 Å². The van der Waals surface area contributed by atoms with Crippen molar-refractivity contribution in [2.45, 2.75) is 20.4 Å². The van der Waals surface area contributed by atoms with Crippen molar-refractivity contribution in [2.24, 2.45) is 0 Å². The number of rotatable bonds is 6. The van der Waals surface area contributed by atoms with Gasteiger partial charge in [0.25, 0.3) is 11.6 Å². The number of amides is 1. The third kappa shape index (κ3) is 4.06. The number of ether oxygens (including phenoxy) is 1. The van der Waals surface area contributed by atoms with E-state index in [1.807, 2.05) is 31.2 Å². The second kappa shape index (κ2) is 7.40. The van der Waals surface area contributed by atoms with Gasteiger partial charge in [0.05, 0.1) is 11.5 Å². The molecule has 0 heterocycles. The largest absolute Gasteiger partial charge is 0.494 e. The molecule has 2 rings (SSSR count). The Morgan fingerprint density at radius 1 is 1.26 bits per heavy atom. The van der Waals surface area contributed by atoms with Gasteiger partial charge in [-0.15, -0.1) is 0 Å². The molecular formula is C17H18N2O4. The molecule has 0 fully saturated rings. The molecule has 0 unspecified atom stereocenters. The van der Waals surface area contributed by atoms with Crippen LogP contribution in [0.4, 0.5) is 5.69 Å². The summed E-state index contributed by atoms with van der Waals surface area (Å²) in [5, 5.41) is 13.6. The molecule has 6 nitrogen and oxygen atoms in total. The maximum absolute atomic E-state index is 12.2. The molecule has 0 saturated carbocycles. The van der Waals surface area contributed by atoms with Gasteiger partial charge >= 0.3 is 0 Å². The lowest BCUT2D eigenvalue weighted by Crippen LogP contribution is -2.23. The maximum atomic E-state index is 12.2. The van der Waals surface area contributed by atoms with Gasteiger partial charge in [0.2, 0.25) is 0 Å². The number of nitrogens with zero attached hydrogens (tertiary/aromatic N) is 1. The Morgan fingerprint density at radius 2 is 2.00 bits per heavy atom. The van der Waals surface area contributed by atoms with E-state index in [4.69, 9.17) is 4.74 Å². The first-order valence-corrected chi connectivity index (χ1v) is 7.27. The third-order valence-electron chi connectivity index (χ3n) is 3.37. The first-order chi connectivity index (χ1) is 11.0. The van der Waals surface area contributed by atoms with Crippen LogP contribution < -0.4 is 10.1 Å². The van der Waals surface area contributed by atoms with Crippen LogP contribution in [0.1, 0.15) is 28.4 Å². The Morgan fingerprint density at radius 3 is 2.65 bits per heavy atom. The third-order valence-corrected chi connectivity index (χ3v) is 3.37. The molecule has 0 spiro atoms. The molecule has 0 saturated heterocycles. The van der Waals surface area contributed by atoms with Gasteiger partial charge in [0.1, 0.15) is 5.75 Å². The van der Waals surface area contributed by atoms with Crippen molar-refractivity contribution >= 4 is 11.6 Å². The number of nitro benzene ring substituents is 1. The molecule has 120 valence electrons. The van der Waals surface area contributed by atoms with E-state index in [1.54, 1.807) is 6.92 Å². The zero-order valence-corrected chi connectivity index (χ0v) is 13.0. The molecular weight excluding hydrogens is 296 g/mol. The minimum Gasteiger partial charge on any atom is -0.494 e. The number of carbonyl (C=O) groups is 1. The van der Waals surface area contributed by atoms with Gasteiger partial charge in [-0.25, -0.2) is 0 Å². The number of hydrogen-bond acceptors (Lipinski definition) is 4. The van der Waals surface area contributed by atoms with Gasteiger partial charge in [-0.3, -0.25) is 14.9 Å². The lowest BCUT2D eigenvalue weighted by Gasteiger charge is -2.11. The minimum atomic E-state index is -0.463. The predicted molar refractivity (Wildman–Crippen MR) is 86.6 cm³/mol. The Labute approximate surface area is 134 Å². The van der Waals surface area contributed by atoms with Crippen molar-refractivity contribution in [3.05, 3.63) is 69.3 Å². The smallest absolute Gasteiger partial charge is 0.272 e. The number of nitro groups is 1. The Balaban J connectivity index is 2.08. The summed E-state index contributed by atoms with van der Waals surface area (Å²) in [7, 11) is 0. The molecule has 23 heavy (non-hydrogen) atoms. The van der Waals surface area contributed by atoms with Crippen LogP contribution in [0.25, 0.3) is 0 Å². The van der Waals surface area contributed by atoms with E-state index in [0.717, 1.165) is 11.3 Å². The average Bonchev–Trinajstić information content (AvgIpc) is 2.53. The predicted octanol–water partition coefficient (Wildman–Crippen LogP) is 3.23. The first kappa shape index (κ1) is 16.5. The van der Waals surface area contributed by atoms with Crippen LogP contribution >= 0.6 is 0 Å². The zero-order valence-electron chi connectivity index (χ0n) is 13.0. The van der Waals surface area contributed by atoms with Crippen LogP contribution in [0, 0.1) is 17.0 Å². The fourth-order valence-corrected chi connectivity index (χ4v) is 2.23. The number of aryl methyl sites for hydroxylation is 1. The zero-order chi connectivity index (χ0) is 16.8. The molecule has 0 aliphatic rings. The van der Waals surface area contributed by atoms with Crippen LogP contribution in [0.15, 0.2) is 42.5 Å². The highest BCUT2D eigenvalue weighted by molar-refractivity contribution is 5.94. The number of carbonyl (C=O) groups excluding carboxylic acids is 1. The summed E-state index contributed by atoms with van der Waals surface area (Å²) in [5.41, 5.74) is 1.73. The van der Waals surface area contributed by atoms with E-state index >= 15 is 0 Å². The van der Waals surface area contributed by atoms with Crippen molar-refractivity contribution in [3.8, 4) is 5.75 Å². The maximum Gasteiger partial charge on any atom is 0.272 e. The molecule has 1 N–H and O–H groups in total. The van der Waals surface area contributed by atoms with Crippen molar-refractivity contribution < 1.29 is 14.5 Å². The van der Waals surface area contributed by atoms with Gasteiger partial charge < -0.3 is 10.1 Å². The summed E-state index contributed by atoms with van der Waals surface area (Å²) in [4.78, 5) is 22.5. The average molecular weight is 314 g/mol. The highest BCUT2D eigenvalue weighted by atomic mass is 16.6. The van der Waals surface area contributed by atoms with Gasteiger partial charge in [-0.05, 0) is 32.0 Å². The first-order valence-electron chi connectivity index (χ1n) is 7.27. The van der Waals surface area contributed by atoms with Crippen LogP contribution in [0.2, 0.25) is 0 Å². The number of nitrogens with one attached hydrogen (secondary N) is 1. The quantitative estimate of drug-likeness (QED) is 0.655. The summed E-state index contributed by atoms with van der Waals surface area (Å²) in [5.74, 6) is 0.449. The molecule has 1 amide bonds. The second-order valence-corrected chi connectivity index (χ2v) is 4.98. The Hall–Kier alpha value is -2.89. The Kier molecular flexibility index (Phi) is 5.30. The molecule has 0 bridgehead atoms. The molecule has 0 aromatic heterocycles. The molecule has 2 aromatic rings. The van der Waals surface area contributed by atoms with Crippen LogP contribution in [0.5, 0.6) is 5.75 Å². The van der Waals surface area contributed by atoms with Crippen molar-refractivity contribution in [2.75, 3.05) is 6.61 Å². The molecule has 6 heteroatoms. The molecule has 0 aliphatic heterocycles. The molecule has 0 radical (unpaired) electrons.